The summed E-state index contributed by atoms with van der Waals surface area (Å²) in [6.07, 6.45) is 1.96. The smallest absolute Gasteiger partial charge is 0.167 e. The van der Waals surface area contributed by atoms with E-state index in [4.69, 9.17) is 19.9 Å². The summed E-state index contributed by atoms with van der Waals surface area (Å²) in [6.45, 7) is 0. The van der Waals surface area contributed by atoms with Gasteiger partial charge in [-0.05, 0) is 35.9 Å². The van der Waals surface area contributed by atoms with Crippen LogP contribution in [0, 0.1) is 0 Å². The lowest BCUT2D eigenvalue weighted by Crippen LogP contribution is -2.05. The minimum Gasteiger partial charge on any atom is -0.293 e. The molecule has 6 aromatic carbocycles. The van der Waals surface area contributed by atoms with Crippen molar-refractivity contribution in [1.82, 2.24) is 24.5 Å². The molecule has 0 atom stereocenters. The van der Waals surface area contributed by atoms with Gasteiger partial charge >= 0.3 is 0 Å². The van der Waals surface area contributed by atoms with E-state index < -0.39 is 0 Å². The summed E-state index contributed by atoms with van der Waals surface area (Å²) >= 11 is 1.84. The zero-order valence-electron chi connectivity index (χ0n) is 26.7. The summed E-state index contributed by atoms with van der Waals surface area (Å²) in [5, 5.41) is 4.86. The maximum absolute atomic E-state index is 5.27. The molecule has 50 heavy (non-hydrogen) atoms. The normalized spacial score (nSPS) is 11.6. The van der Waals surface area contributed by atoms with E-state index in [0.29, 0.717) is 17.5 Å². The van der Waals surface area contributed by atoms with Gasteiger partial charge in [0, 0.05) is 53.8 Å². The summed E-state index contributed by atoms with van der Waals surface area (Å²) < 4.78 is 4.84. The third-order valence-corrected chi connectivity index (χ3v) is 10.4. The maximum atomic E-state index is 5.27. The molecule has 4 heterocycles. The van der Waals surface area contributed by atoms with Crippen LogP contribution >= 0.6 is 11.3 Å². The molecule has 0 saturated heterocycles. The van der Waals surface area contributed by atoms with E-state index in [2.05, 4.69) is 95.6 Å². The molecule has 0 saturated carbocycles. The number of hydrogen-bond donors (Lipinski definition) is 0. The van der Waals surface area contributed by atoms with Gasteiger partial charge < -0.3 is 0 Å². The van der Waals surface area contributed by atoms with Crippen molar-refractivity contribution in [2.24, 2.45) is 0 Å². The topological polar surface area (TPSA) is 56.5 Å². The van der Waals surface area contributed by atoms with Gasteiger partial charge in [0.1, 0.15) is 5.82 Å². The molecule has 0 fully saturated rings. The Morgan fingerprint density at radius 2 is 0.980 bits per heavy atom. The SMILES string of the molecule is c1ccc(-c2cnc(-n3c4ccccc4c4cc5sc6ccccc6c5cc43)c(-c3nc(-c4ccccc4)nc(-c4ccccc4)n3)c2)cc1. The van der Waals surface area contributed by atoms with Gasteiger partial charge in [-0.2, -0.15) is 0 Å². The number of hydrogen-bond acceptors (Lipinski definition) is 5. The summed E-state index contributed by atoms with van der Waals surface area (Å²) in [6, 6.07) is 54.6. The van der Waals surface area contributed by atoms with Crippen LogP contribution in [0.25, 0.3) is 93.1 Å². The first-order valence-corrected chi connectivity index (χ1v) is 17.4. The van der Waals surface area contributed by atoms with Crippen LogP contribution in [0.2, 0.25) is 0 Å². The van der Waals surface area contributed by atoms with Crippen molar-refractivity contribution in [2.75, 3.05) is 0 Å². The Balaban J connectivity index is 1.31. The van der Waals surface area contributed by atoms with Crippen LogP contribution in [0.4, 0.5) is 0 Å². The van der Waals surface area contributed by atoms with Gasteiger partial charge in [-0.3, -0.25) is 4.57 Å². The average molecular weight is 658 g/mol. The van der Waals surface area contributed by atoms with E-state index in [0.717, 1.165) is 44.7 Å². The first-order valence-electron chi connectivity index (χ1n) is 16.6. The zero-order chi connectivity index (χ0) is 33.0. The minimum atomic E-state index is 0.561. The first-order chi connectivity index (χ1) is 24.8. The zero-order valence-corrected chi connectivity index (χ0v) is 27.5. The second kappa shape index (κ2) is 11.6. The molecule has 10 rings (SSSR count). The van der Waals surface area contributed by atoms with Gasteiger partial charge in [-0.15, -0.1) is 11.3 Å². The average Bonchev–Trinajstić information content (AvgIpc) is 3.72. The molecule has 4 aromatic heterocycles. The highest BCUT2D eigenvalue weighted by Crippen LogP contribution is 2.42. The molecule has 234 valence electrons. The monoisotopic (exact) mass is 657 g/mol. The third-order valence-electron chi connectivity index (χ3n) is 9.30. The largest absolute Gasteiger partial charge is 0.293 e. The summed E-state index contributed by atoms with van der Waals surface area (Å²) in [5.41, 5.74) is 6.88. The Morgan fingerprint density at radius 1 is 0.400 bits per heavy atom. The Labute approximate surface area is 291 Å². The minimum absolute atomic E-state index is 0.561. The molecule has 0 unspecified atom stereocenters. The second-order valence-corrected chi connectivity index (χ2v) is 13.4. The van der Waals surface area contributed by atoms with Crippen molar-refractivity contribution in [3.8, 4) is 51.1 Å². The lowest BCUT2D eigenvalue weighted by atomic mass is 10.0. The first kappa shape index (κ1) is 28.5. The van der Waals surface area contributed by atoms with Crippen molar-refractivity contribution < 1.29 is 0 Å². The molecule has 0 N–H and O–H groups in total. The Hall–Kier alpha value is -6.50. The van der Waals surface area contributed by atoms with Crippen LogP contribution in [-0.4, -0.2) is 24.5 Å². The summed E-state index contributed by atoms with van der Waals surface area (Å²) in [4.78, 5) is 20.6. The van der Waals surface area contributed by atoms with Crippen LogP contribution in [0.3, 0.4) is 0 Å². The standard InChI is InChI=1S/C44H27N5S/c1-4-14-28(15-5-1)31-24-36(43-47-41(29-16-6-2-7-17-29)46-42(48-43)30-18-8-3-9-19-30)44(45-27-31)49-37-22-12-10-20-32(37)34-26-40-35(25-38(34)49)33-21-11-13-23-39(33)50-40/h1-27H. The van der Waals surface area contributed by atoms with E-state index in [1.165, 1.54) is 30.9 Å². The maximum Gasteiger partial charge on any atom is 0.167 e. The van der Waals surface area contributed by atoms with Crippen LogP contribution in [0.15, 0.2) is 164 Å². The van der Waals surface area contributed by atoms with Crippen LogP contribution in [0.5, 0.6) is 0 Å². The van der Waals surface area contributed by atoms with Crippen LogP contribution in [-0.2, 0) is 0 Å². The van der Waals surface area contributed by atoms with Crippen molar-refractivity contribution in [3.05, 3.63) is 164 Å². The predicted molar refractivity (Wildman–Crippen MR) is 207 cm³/mol. The van der Waals surface area contributed by atoms with Gasteiger partial charge in [-0.1, -0.05) is 127 Å². The number of benzene rings is 6. The van der Waals surface area contributed by atoms with E-state index in [1.54, 1.807) is 0 Å². The Bertz CT molecular complexity index is 2800. The lowest BCUT2D eigenvalue weighted by molar-refractivity contribution is 1.04. The molecule has 0 spiro atoms. The highest BCUT2D eigenvalue weighted by atomic mass is 32.1. The van der Waals surface area contributed by atoms with Crippen molar-refractivity contribution >= 4 is 53.3 Å². The predicted octanol–water partition coefficient (Wildman–Crippen LogP) is 11.4. The van der Waals surface area contributed by atoms with Gasteiger partial charge in [0.05, 0.1) is 16.6 Å². The second-order valence-electron chi connectivity index (χ2n) is 12.3. The van der Waals surface area contributed by atoms with Crippen molar-refractivity contribution in [3.63, 3.8) is 0 Å². The number of fused-ring (bicyclic) bond motifs is 6. The number of nitrogens with zero attached hydrogens (tertiary/aromatic N) is 5. The fraction of sp³-hybridized carbons (Fsp3) is 0. The highest BCUT2D eigenvalue weighted by molar-refractivity contribution is 7.25. The van der Waals surface area contributed by atoms with E-state index >= 15 is 0 Å². The Kier molecular flexibility index (Phi) is 6.60. The van der Waals surface area contributed by atoms with Crippen molar-refractivity contribution in [1.29, 1.82) is 0 Å². The van der Waals surface area contributed by atoms with Crippen LogP contribution in [0.1, 0.15) is 0 Å². The summed E-state index contributed by atoms with van der Waals surface area (Å²) in [5.74, 6) is 2.54. The molecule has 0 aliphatic heterocycles. The third kappa shape index (κ3) is 4.69. The van der Waals surface area contributed by atoms with E-state index in [1.807, 2.05) is 84.3 Å². The quantitative estimate of drug-likeness (QED) is 0.185. The molecular weight excluding hydrogens is 631 g/mol. The lowest BCUT2D eigenvalue weighted by Gasteiger charge is -2.15. The van der Waals surface area contributed by atoms with Crippen LogP contribution < -0.4 is 0 Å². The number of aromatic nitrogens is 5. The fourth-order valence-corrected chi connectivity index (χ4v) is 8.06. The molecule has 0 amide bonds. The molecule has 6 heteroatoms. The fourth-order valence-electron chi connectivity index (χ4n) is 6.93. The molecule has 0 bridgehead atoms. The van der Waals surface area contributed by atoms with Gasteiger partial charge in [-0.25, -0.2) is 19.9 Å². The van der Waals surface area contributed by atoms with Crippen molar-refractivity contribution in [2.45, 2.75) is 0 Å². The van der Waals surface area contributed by atoms with Gasteiger partial charge in [0.25, 0.3) is 0 Å². The van der Waals surface area contributed by atoms with Gasteiger partial charge in [0.2, 0.25) is 0 Å². The molecule has 10 aromatic rings. The number of pyridine rings is 1. The molecule has 0 radical (unpaired) electrons. The molecule has 0 aliphatic carbocycles. The number of thiophene rings is 1. The van der Waals surface area contributed by atoms with Gasteiger partial charge in [0.15, 0.2) is 17.5 Å². The van der Waals surface area contributed by atoms with E-state index in [-0.39, 0.29) is 0 Å². The highest BCUT2D eigenvalue weighted by Gasteiger charge is 2.22. The number of para-hydroxylation sites is 1. The molecule has 5 nitrogen and oxygen atoms in total. The molecule has 0 aliphatic rings. The molecular formula is C44H27N5S. The Morgan fingerprint density at radius 3 is 1.68 bits per heavy atom. The summed E-state index contributed by atoms with van der Waals surface area (Å²) in [7, 11) is 0. The number of rotatable bonds is 5. The van der Waals surface area contributed by atoms with E-state index in [9.17, 15) is 0 Å².